The van der Waals surface area contributed by atoms with Crippen LogP contribution in [-0.2, 0) is 9.53 Å². The van der Waals surface area contributed by atoms with Crippen LogP contribution in [0.3, 0.4) is 0 Å². The summed E-state index contributed by atoms with van der Waals surface area (Å²) in [5.41, 5.74) is -1.25. The average molecular weight is 217 g/mol. The van der Waals surface area contributed by atoms with Crippen LogP contribution in [0, 0.1) is 0 Å². The van der Waals surface area contributed by atoms with Crippen LogP contribution in [0.1, 0.15) is 40.5 Å². The first-order chi connectivity index (χ1) is 6.81. The maximum absolute atomic E-state index is 11.3. The zero-order valence-electron chi connectivity index (χ0n) is 9.66. The molecule has 0 aromatic heterocycles. The second-order valence-electron chi connectivity index (χ2n) is 3.97. The molecule has 0 radical (unpaired) electrons. The predicted octanol–water partition coefficient (Wildman–Crippen LogP) is 1.76. The molecule has 0 aromatic rings. The molecule has 0 heterocycles. The molecule has 1 unspecified atom stereocenters. The highest BCUT2D eigenvalue weighted by Gasteiger charge is 2.34. The van der Waals surface area contributed by atoms with Crippen molar-refractivity contribution >= 4 is 12.1 Å². The zero-order chi connectivity index (χ0) is 12.1. The Morgan fingerprint density at radius 3 is 2.33 bits per heavy atom. The number of carbonyl (C=O) groups is 2. The Labute approximate surface area is 89.8 Å². The maximum atomic E-state index is 11.3. The number of nitrogens with one attached hydrogen (secondary N) is 1. The van der Waals surface area contributed by atoms with Gasteiger partial charge in [0.05, 0.1) is 6.10 Å². The summed E-state index contributed by atoms with van der Waals surface area (Å²) in [7, 11) is 0. The molecule has 0 saturated carbocycles. The van der Waals surface area contributed by atoms with Crippen molar-refractivity contribution in [2.24, 2.45) is 0 Å². The third kappa shape index (κ3) is 4.67. The average Bonchev–Trinajstić information content (AvgIpc) is 2.01. The highest BCUT2D eigenvalue weighted by Crippen LogP contribution is 2.13. The Balaban J connectivity index is 4.41. The summed E-state index contributed by atoms with van der Waals surface area (Å²) < 4.78 is 4.83. The van der Waals surface area contributed by atoms with Gasteiger partial charge in [0.1, 0.15) is 5.54 Å². The summed E-state index contributed by atoms with van der Waals surface area (Å²) in [5.74, 6) is -1.05. The number of hydrogen-bond donors (Lipinski definition) is 2. The van der Waals surface area contributed by atoms with Crippen molar-refractivity contribution in [1.29, 1.82) is 0 Å². The molecule has 0 aliphatic rings. The van der Waals surface area contributed by atoms with Crippen LogP contribution in [0.25, 0.3) is 0 Å². The summed E-state index contributed by atoms with van der Waals surface area (Å²) in [6.07, 6.45) is 0.0910. The minimum absolute atomic E-state index is 0.260. The molecule has 1 atom stereocenters. The van der Waals surface area contributed by atoms with Crippen LogP contribution in [0.15, 0.2) is 0 Å². The van der Waals surface area contributed by atoms with Crippen molar-refractivity contribution in [3.8, 4) is 0 Å². The smallest absolute Gasteiger partial charge is 0.408 e. The van der Waals surface area contributed by atoms with Crippen LogP contribution in [0.2, 0.25) is 0 Å². The van der Waals surface area contributed by atoms with Gasteiger partial charge in [0.2, 0.25) is 0 Å². The first kappa shape index (κ1) is 13.7. The Morgan fingerprint density at radius 2 is 2.00 bits per heavy atom. The first-order valence-electron chi connectivity index (χ1n) is 5.04. The van der Waals surface area contributed by atoms with Crippen molar-refractivity contribution in [3.63, 3.8) is 0 Å². The van der Waals surface area contributed by atoms with Gasteiger partial charge in [-0.25, -0.2) is 9.59 Å². The summed E-state index contributed by atoms with van der Waals surface area (Å²) in [4.78, 5) is 22.2. The van der Waals surface area contributed by atoms with E-state index in [2.05, 4.69) is 5.32 Å². The number of carbonyl (C=O) groups excluding carboxylic acids is 1. The van der Waals surface area contributed by atoms with Crippen molar-refractivity contribution < 1.29 is 19.4 Å². The fraction of sp³-hybridized carbons (Fsp3) is 0.800. The minimum Gasteiger partial charge on any atom is -0.480 e. The zero-order valence-corrected chi connectivity index (χ0v) is 9.66. The van der Waals surface area contributed by atoms with E-state index in [0.29, 0.717) is 12.8 Å². The fourth-order valence-electron chi connectivity index (χ4n) is 1.19. The van der Waals surface area contributed by atoms with Gasteiger partial charge in [-0.3, -0.25) is 0 Å². The summed E-state index contributed by atoms with van der Waals surface area (Å²) in [6, 6.07) is 0. The standard InChI is InChI=1S/C10H19NO4/c1-5-6-10(4,8(12)13)11-9(14)15-7(2)3/h7H,5-6H2,1-4H3,(H,11,14)(H,12,13). The van der Waals surface area contributed by atoms with E-state index < -0.39 is 17.6 Å². The lowest BCUT2D eigenvalue weighted by Gasteiger charge is -2.25. The monoisotopic (exact) mass is 217 g/mol. The number of amides is 1. The fourth-order valence-corrected chi connectivity index (χ4v) is 1.19. The van der Waals surface area contributed by atoms with E-state index >= 15 is 0 Å². The number of rotatable bonds is 5. The molecule has 0 fully saturated rings. The van der Waals surface area contributed by atoms with Crippen molar-refractivity contribution in [2.75, 3.05) is 0 Å². The predicted molar refractivity (Wildman–Crippen MR) is 55.7 cm³/mol. The first-order valence-corrected chi connectivity index (χ1v) is 5.04. The molecule has 88 valence electrons. The van der Waals surface area contributed by atoms with Crippen LogP contribution < -0.4 is 5.32 Å². The van der Waals surface area contributed by atoms with E-state index in [1.807, 2.05) is 6.92 Å². The number of alkyl carbamates (subject to hydrolysis) is 1. The van der Waals surface area contributed by atoms with Crippen molar-refractivity contribution in [3.05, 3.63) is 0 Å². The Morgan fingerprint density at radius 1 is 1.47 bits per heavy atom. The normalized spacial score (nSPS) is 14.5. The van der Waals surface area contributed by atoms with Gasteiger partial charge in [0, 0.05) is 0 Å². The van der Waals surface area contributed by atoms with Crippen LogP contribution >= 0.6 is 0 Å². The SMILES string of the molecule is CCCC(C)(NC(=O)OC(C)C)C(=O)O. The van der Waals surface area contributed by atoms with Crippen LogP contribution in [0.5, 0.6) is 0 Å². The lowest BCUT2D eigenvalue weighted by Crippen LogP contribution is -2.52. The third-order valence-corrected chi connectivity index (χ3v) is 1.94. The minimum atomic E-state index is -1.25. The van der Waals surface area contributed by atoms with E-state index in [-0.39, 0.29) is 6.10 Å². The molecule has 1 amide bonds. The molecule has 0 aliphatic heterocycles. The summed E-state index contributed by atoms with van der Waals surface area (Å²) in [6.45, 7) is 6.74. The lowest BCUT2D eigenvalue weighted by atomic mass is 9.97. The maximum Gasteiger partial charge on any atom is 0.408 e. The van der Waals surface area contributed by atoms with Gasteiger partial charge in [0.25, 0.3) is 0 Å². The number of carboxylic acid groups (broad SMARTS) is 1. The van der Waals surface area contributed by atoms with Gasteiger partial charge >= 0.3 is 12.1 Å². The topological polar surface area (TPSA) is 75.6 Å². The molecule has 0 rings (SSSR count). The van der Waals surface area contributed by atoms with E-state index in [0.717, 1.165) is 0 Å². The second kappa shape index (κ2) is 5.58. The molecule has 2 N–H and O–H groups in total. The molecule has 0 spiro atoms. The molecule has 0 saturated heterocycles. The number of hydrogen-bond acceptors (Lipinski definition) is 3. The van der Waals surface area contributed by atoms with Gasteiger partial charge in [-0.2, -0.15) is 0 Å². The molecule has 0 aromatic carbocycles. The quantitative estimate of drug-likeness (QED) is 0.735. The molecule has 15 heavy (non-hydrogen) atoms. The summed E-state index contributed by atoms with van der Waals surface area (Å²) in [5, 5.41) is 11.3. The molecular formula is C10H19NO4. The molecule has 0 bridgehead atoms. The highest BCUT2D eigenvalue weighted by atomic mass is 16.6. The molecule has 0 aliphatic carbocycles. The van der Waals surface area contributed by atoms with Gasteiger partial charge < -0.3 is 15.2 Å². The van der Waals surface area contributed by atoms with Gasteiger partial charge in [-0.15, -0.1) is 0 Å². The molecule has 5 nitrogen and oxygen atoms in total. The van der Waals surface area contributed by atoms with Crippen molar-refractivity contribution in [1.82, 2.24) is 5.32 Å². The Bertz CT molecular complexity index is 240. The Kier molecular flexibility index (Phi) is 5.11. The van der Waals surface area contributed by atoms with Gasteiger partial charge in [-0.05, 0) is 27.2 Å². The second-order valence-corrected chi connectivity index (χ2v) is 3.97. The third-order valence-electron chi connectivity index (χ3n) is 1.94. The molecule has 5 heteroatoms. The van der Waals surface area contributed by atoms with Crippen LogP contribution in [-0.4, -0.2) is 28.8 Å². The van der Waals surface area contributed by atoms with Crippen LogP contribution in [0.4, 0.5) is 4.79 Å². The van der Waals surface area contributed by atoms with E-state index in [9.17, 15) is 9.59 Å². The van der Waals surface area contributed by atoms with Crippen molar-refractivity contribution in [2.45, 2.75) is 52.2 Å². The Hall–Kier alpha value is -1.26. The number of ether oxygens (including phenoxy) is 1. The number of carboxylic acids is 1. The summed E-state index contributed by atoms with van der Waals surface area (Å²) >= 11 is 0. The van der Waals surface area contributed by atoms with Gasteiger partial charge in [-0.1, -0.05) is 13.3 Å². The number of aliphatic carboxylic acids is 1. The molecular weight excluding hydrogens is 198 g/mol. The lowest BCUT2D eigenvalue weighted by molar-refractivity contribution is -0.144. The highest BCUT2D eigenvalue weighted by molar-refractivity contribution is 5.83. The van der Waals surface area contributed by atoms with E-state index in [1.54, 1.807) is 13.8 Å². The largest absolute Gasteiger partial charge is 0.480 e. The van der Waals surface area contributed by atoms with Gasteiger partial charge in [0.15, 0.2) is 0 Å². The van der Waals surface area contributed by atoms with E-state index in [4.69, 9.17) is 9.84 Å². The van der Waals surface area contributed by atoms with E-state index in [1.165, 1.54) is 6.92 Å².